The van der Waals surface area contributed by atoms with Crippen molar-refractivity contribution in [3.63, 3.8) is 0 Å². The molecule has 6 nitrogen and oxygen atoms in total. The summed E-state index contributed by atoms with van der Waals surface area (Å²) in [5.41, 5.74) is 4.84. The van der Waals surface area contributed by atoms with Crippen LogP contribution in [0, 0.1) is 20.8 Å². The first-order valence-electron chi connectivity index (χ1n) is 8.11. The molecular weight excluding hydrogens is 334 g/mol. The van der Waals surface area contributed by atoms with Crippen molar-refractivity contribution < 1.29 is 4.79 Å². The van der Waals surface area contributed by atoms with E-state index in [0.29, 0.717) is 13.0 Å². The molecule has 0 aliphatic rings. The Morgan fingerprint density at radius 2 is 2.04 bits per heavy atom. The molecule has 0 spiro atoms. The maximum absolute atomic E-state index is 12.0. The normalized spacial score (nSPS) is 10.7. The van der Waals surface area contributed by atoms with Crippen molar-refractivity contribution in [2.45, 2.75) is 27.2 Å². The van der Waals surface area contributed by atoms with Crippen LogP contribution >= 0.6 is 11.3 Å². The highest BCUT2D eigenvalue weighted by atomic mass is 32.1. The Hall–Kier alpha value is -2.67. The largest absolute Gasteiger partial charge is 0.337 e. The van der Waals surface area contributed by atoms with Gasteiger partial charge in [0.1, 0.15) is 0 Å². The lowest BCUT2D eigenvalue weighted by Crippen LogP contribution is -2.30. The van der Waals surface area contributed by atoms with E-state index < -0.39 is 0 Å². The summed E-state index contributed by atoms with van der Waals surface area (Å²) in [4.78, 5) is 16.6. The first-order chi connectivity index (χ1) is 12.0. The second-order valence-corrected chi connectivity index (χ2v) is 6.74. The summed E-state index contributed by atoms with van der Waals surface area (Å²) in [7, 11) is 0. The van der Waals surface area contributed by atoms with E-state index >= 15 is 0 Å². The molecule has 2 amide bonds. The number of aromatic nitrogens is 3. The molecule has 130 valence electrons. The number of carbonyl (C=O) groups is 1. The minimum atomic E-state index is -0.205. The average molecular weight is 355 g/mol. The molecule has 0 atom stereocenters. The minimum absolute atomic E-state index is 0.205. The zero-order chi connectivity index (χ0) is 17.8. The van der Waals surface area contributed by atoms with Gasteiger partial charge in [-0.25, -0.2) is 14.5 Å². The van der Waals surface area contributed by atoms with E-state index in [0.717, 1.165) is 33.5 Å². The number of aryl methyl sites for hydroxylation is 3. The highest BCUT2D eigenvalue weighted by Gasteiger charge is 2.09. The molecule has 0 aliphatic heterocycles. The molecule has 0 unspecified atom stereocenters. The van der Waals surface area contributed by atoms with Gasteiger partial charge in [0, 0.05) is 29.7 Å². The number of benzene rings is 1. The van der Waals surface area contributed by atoms with E-state index in [4.69, 9.17) is 0 Å². The summed E-state index contributed by atoms with van der Waals surface area (Å²) in [6.45, 7) is 6.47. The number of nitrogens with zero attached hydrogens (tertiary/aromatic N) is 3. The van der Waals surface area contributed by atoms with Gasteiger partial charge in [-0.05, 0) is 38.5 Å². The number of thiazole rings is 1. The third-order valence-electron chi connectivity index (χ3n) is 3.79. The lowest BCUT2D eigenvalue weighted by Gasteiger charge is -2.09. The summed E-state index contributed by atoms with van der Waals surface area (Å²) >= 11 is 1.55. The van der Waals surface area contributed by atoms with Crippen LogP contribution in [0.2, 0.25) is 0 Å². The fourth-order valence-electron chi connectivity index (χ4n) is 2.51. The van der Waals surface area contributed by atoms with Crippen molar-refractivity contribution in [1.82, 2.24) is 20.1 Å². The van der Waals surface area contributed by atoms with Crippen LogP contribution in [0.25, 0.3) is 5.13 Å². The van der Waals surface area contributed by atoms with Gasteiger partial charge in [-0.1, -0.05) is 18.2 Å². The maximum Gasteiger partial charge on any atom is 0.319 e. The van der Waals surface area contributed by atoms with Crippen LogP contribution in [0.3, 0.4) is 0 Å². The summed E-state index contributed by atoms with van der Waals surface area (Å²) < 4.78 is 1.85. The van der Waals surface area contributed by atoms with Crippen LogP contribution in [-0.2, 0) is 6.42 Å². The molecule has 3 rings (SSSR count). The SMILES string of the molecule is Cc1cc(C)n(-c2nc(CCNC(=O)Nc3ccccc3C)cs2)n1. The van der Waals surface area contributed by atoms with E-state index in [1.807, 2.05) is 61.2 Å². The van der Waals surface area contributed by atoms with E-state index in [-0.39, 0.29) is 6.03 Å². The average Bonchev–Trinajstić information content (AvgIpc) is 3.16. The molecule has 2 N–H and O–H groups in total. The van der Waals surface area contributed by atoms with Gasteiger partial charge in [0.15, 0.2) is 0 Å². The van der Waals surface area contributed by atoms with Crippen LogP contribution < -0.4 is 10.6 Å². The van der Waals surface area contributed by atoms with E-state index in [1.54, 1.807) is 11.3 Å². The number of amides is 2. The number of hydrogen-bond acceptors (Lipinski definition) is 4. The summed E-state index contributed by atoms with van der Waals surface area (Å²) in [5, 5.41) is 13.0. The lowest BCUT2D eigenvalue weighted by atomic mass is 10.2. The fraction of sp³-hybridized carbons (Fsp3) is 0.278. The number of carbonyl (C=O) groups excluding carboxylic acids is 1. The van der Waals surface area contributed by atoms with Crippen LogP contribution in [-0.4, -0.2) is 27.3 Å². The molecule has 0 radical (unpaired) electrons. The van der Waals surface area contributed by atoms with Gasteiger partial charge in [-0.2, -0.15) is 5.10 Å². The zero-order valence-corrected chi connectivity index (χ0v) is 15.4. The molecular formula is C18H21N5OS. The molecule has 0 fully saturated rings. The summed E-state index contributed by atoms with van der Waals surface area (Å²) in [6.07, 6.45) is 0.678. The molecule has 7 heteroatoms. The van der Waals surface area contributed by atoms with E-state index in [2.05, 4.69) is 20.7 Å². The second-order valence-electron chi connectivity index (χ2n) is 5.91. The molecule has 2 aromatic heterocycles. The van der Waals surface area contributed by atoms with Gasteiger partial charge in [0.2, 0.25) is 5.13 Å². The van der Waals surface area contributed by atoms with Gasteiger partial charge in [0.25, 0.3) is 0 Å². The first-order valence-corrected chi connectivity index (χ1v) is 8.99. The number of rotatable bonds is 5. The van der Waals surface area contributed by atoms with Crippen molar-refractivity contribution in [2.75, 3.05) is 11.9 Å². The van der Waals surface area contributed by atoms with Gasteiger partial charge in [-0.3, -0.25) is 0 Å². The molecule has 0 bridgehead atoms. The van der Waals surface area contributed by atoms with Crippen molar-refractivity contribution in [1.29, 1.82) is 0 Å². The third kappa shape index (κ3) is 4.24. The predicted molar refractivity (Wildman–Crippen MR) is 101 cm³/mol. The Morgan fingerprint density at radius 3 is 2.76 bits per heavy atom. The van der Waals surface area contributed by atoms with Gasteiger partial charge in [0.05, 0.1) is 11.4 Å². The Morgan fingerprint density at radius 1 is 1.24 bits per heavy atom. The number of para-hydroxylation sites is 1. The molecule has 25 heavy (non-hydrogen) atoms. The van der Waals surface area contributed by atoms with Gasteiger partial charge in [-0.15, -0.1) is 11.3 Å². The highest BCUT2D eigenvalue weighted by molar-refractivity contribution is 7.12. The smallest absolute Gasteiger partial charge is 0.319 e. The summed E-state index contributed by atoms with van der Waals surface area (Å²) in [5.74, 6) is 0. The third-order valence-corrected chi connectivity index (χ3v) is 4.66. The molecule has 0 saturated heterocycles. The quantitative estimate of drug-likeness (QED) is 0.734. The summed E-state index contributed by atoms with van der Waals surface area (Å²) in [6, 6.07) is 9.52. The Bertz CT molecular complexity index is 883. The topological polar surface area (TPSA) is 71.8 Å². The number of nitrogens with one attached hydrogen (secondary N) is 2. The van der Waals surface area contributed by atoms with Crippen molar-refractivity contribution in [3.8, 4) is 5.13 Å². The molecule has 1 aromatic carbocycles. The Kier molecular flexibility index (Phi) is 5.14. The van der Waals surface area contributed by atoms with Crippen molar-refractivity contribution in [2.24, 2.45) is 0 Å². The number of hydrogen-bond donors (Lipinski definition) is 2. The van der Waals surface area contributed by atoms with Gasteiger partial charge < -0.3 is 10.6 Å². The molecule has 2 heterocycles. The lowest BCUT2D eigenvalue weighted by molar-refractivity contribution is 0.252. The van der Waals surface area contributed by atoms with Crippen LogP contribution in [0.5, 0.6) is 0 Å². The van der Waals surface area contributed by atoms with Crippen molar-refractivity contribution >= 4 is 23.1 Å². The minimum Gasteiger partial charge on any atom is -0.337 e. The fourth-order valence-corrected chi connectivity index (χ4v) is 3.38. The van der Waals surface area contributed by atoms with Crippen LogP contribution in [0.1, 0.15) is 22.6 Å². The first kappa shape index (κ1) is 17.2. The number of urea groups is 1. The van der Waals surface area contributed by atoms with Gasteiger partial charge >= 0.3 is 6.03 Å². The zero-order valence-electron chi connectivity index (χ0n) is 14.5. The molecule has 0 aliphatic carbocycles. The second kappa shape index (κ2) is 7.48. The predicted octanol–water partition coefficient (Wildman–Crippen LogP) is 3.62. The monoisotopic (exact) mass is 355 g/mol. The highest BCUT2D eigenvalue weighted by Crippen LogP contribution is 2.17. The standard InChI is InChI=1S/C18H21N5OS/c1-12-6-4-5-7-16(12)21-17(24)19-9-8-15-11-25-18(20-15)23-14(3)10-13(2)22-23/h4-7,10-11H,8-9H2,1-3H3,(H2,19,21,24). The molecule has 3 aromatic rings. The van der Waals surface area contributed by atoms with E-state index in [9.17, 15) is 4.79 Å². The van der Waals surface area contributed by atoms with Crippen LogP contribution in [0.15, 0.2) is 35.7 Å². The number of anilines is 1. The Balaban J connectivity index is 1.52. The van der Waals surface area contributed by atoms with Crippen LogP contribution in [0.4, 0.5) is 10.5 Å². The van der Waals surface area contributed by atoms with Crippen molar-refractivity contribution in [3.05, 3.63) is 58.4 Å². The van der Waals surface area contributed by atoms with E-state index in [1.165, 1.54) is 0 Å². The maximum atomic E-state index is 12.0. The molecule has 0 saturated carbocycles. The Labute approximate surface area is 150 Å².